The van der Waals surface area contributed by atoms with Gasteiger partial charge in [-0.1, -0.05) is 22.6 Å². The lowest BCUT2D eigenvalue weighted by atomic mass is 10.1. The maximum atomic E-state index is 13.6. The fourth-order valence-electron chi connectivity index (χ4n) is 4.41. The smallest absolute Gasteiger partial charge is 0.411 e. The molecule has 2 aliphatic rings. The van der Waals surface area contributed by atoms with Gasteiger partial charge in [0.15, 0.2) is 0 Å². The van der Waals surface area contributed by atoms with E-state index in [1.165, 1.54) is 19.0 Å². The van der Waals surface area contributed by atoms with Gasteiger partial charge in [0.25, 0.3) is 5.91 Å². The van der Waals surface area contributed by atoms with Crippen LogP contribution in [0, 0.1) is 0 Å². The third-order valence-electron chi connectivity index (χ3n) is 6.74. The Bertz CT molecular complexity index is 1460. The minimum Gasteiger partial charge on any atom is -0.497 e. The predicted octanol–water partition coefficient (Wildman–Crippen LogP) is 1.99. The highest BCUT2D eigenvalue weighted by Gasteiger charge is 2.62. The number of methoxy groups -OCH3 is 1. The Labute approximate surface area is 252 Å². The van der Waals surface area contributed by atoms with Crippen molar-refractivity contribution < 1.29 is 37.0 Å². The molecule has 41 heavy (non-hydrogen) atoms. The standard InChI is InChI=1S/C26H34IN5O8S/c1-25(2,3)40-24(35)32-14-17(39-22-18-8-7-16(38-6)11-15(18)9-10-28-22)12-19(32)21(33)29-26(13-20(26)27)23(34)30-41(36,37)31(4)5/h7-11,17,19-20H,12-14H2,1-6H3,(H,29,33)(H,30,34)/t17-,19+,20-,26-/m1/s1. The van der Waals surface area contributed by atoms with Crippen LogP contribution in [0.15, 0.2) is 30.5 Å². The molecule has 0 radical (unpaired) electrons. The van der Waals surface area contributed by atoms with Gasteiger partial charge in [-0.3, -0.25) is 14.5 Å². The number of amides is 3. The molecule has 4 atom stereocenters. The number of nitrogens with zero attached hydrogens (tertiary/aromatic N) is 3. The lowest BCUT2D eigenvalue weighted by Crippen LogP contribution is -2.57. The summed E-state index contributed by atoms with van der Waals surface area (Å²) in [4.78, 5) is 45.4. The summed E-state index contributed by atoms with van der Waals surface area (Å²) < 4.78 is 44.1. The lowest BCUT2D eigenvalue weighted by Gasteiger charge is -2.29. The van der Waals surface area contributed by atoms with Crippen molar-refractivity contribution in [2.75, 3.05) is 27.7 Å². The van der Waals surface area contributed by atoms with Gasteiger partial charge in [-0.25, -0.2) is 14.5 Å². The number of alkyl halides is 1. The number of fused-ring (bicyclic) bond motifs is 1. The number of likely N-dealkylation sites (tertiary alicyclic amines) is 1. The Morgan fingerprint density at radius 2 is 1.88 bits per heavy atom. The van der Waals surface area contributed by atoms with Crippen molar-refractivity contribution in [1.29, 1.82) is 0 Å². The van der Waals surface area contributed by atoms with Gasteiger partial charge >= 0.3 is 16.3 Å². The van der Waals surface area contributed by atoms with Crippen LogP contribution in [-0.4, -0.2) is 95.5 Å². The molecule has 224 valence electrons. The number of rotatable bonds is 8. The second kappa shape index (κ2) is 11.4. The molecule has 2 N–H and O–H groups in total. The van der Waals surface area contributed by atoms with Gasteiger partial charge in [0.1, 0.15) is 29.0 Å². The van der Waals surface area contributed by atoms with Gasteiger partial charge in [0.2, 0.25) is 11.8 Å². The van der Waals surface area contributed by atoms with Crippen LogP contribution in [0.25, 0.3) is 10.8 Å². The maximum Gasteiger partial charge on any atom is 0.411 e. The van der Waals surface area contributed by atoms with E-state index in [1.54, 1.807) is 40.1 Å². The van der Waals surface area contributed by atoms with Crippen molar-refractivity contribution in [2.24, 2.45) is 0 Å². The number of ether oxygens (including phenoxy) is 3. The molecule has 2 aromatic rings. The summed E-state index contributed by atoms with van der Waals surface area (Å²) in [6.07, 6.45) is 0.594. The van der Waals surface area contributed by atoms with Gasteiger partial charge in [-0.15, -0.1) is 0 Å². The number of carbonyl (C=O) groups is 3. The van der Waals surface area contributed by atoms with E-state index in [0.29, 0.717) is 11.6 Å². The molecule has 0 spiro atoms. The molecule has 1 saturated heterocycles. The minimum atomic E-state index is -4.07. The normalized spacial score (nSPS) is 24.2. The highest BCUT2D eigenvalue weighted by atomic mass is 127. The molecule has 15 heteroatoms. The summed E-state index contributed by atoms with van der Waals surface area (Å²) in [5.74, 6) is -0.453. The number of carbonyl (C=O) groups excluding carboxylic acids is 3. The Balaban J connectivity index is 1.57. The van der Waals surface area contributed by atoms with Gasteiger partial charge in [-0.05, 0) is 56.8 Å². The van der Waals surface area contributed by atoms with Crippen molar-refractivity contribution in [3.8, 4) is 11.6 Å². The highest BCUT2D eigenvalue weighted by Crippen LogP contribution is 2.44. The van der Waals surface area contributed by atoms with E-state index < -0.39 is 51.4 Å². The Morgan fingerprint density at radius 1 is 1.20 bits per heavy atom. The number of halogens is 1. The van der Waals surface area contributed by atoms with Crippen molar-refractivity contribution in [2.45, 2.75) is 60.8 Å². The van der Waals surface area contributed by atoms with E-state index >= 15 is 0 Å². The second-order valence-electron chi connectivity index (χ2n) is 11.2. The number of hydrogen-bond donors (Lipinski definition) is 2. The van der Waals surface area contributed by atoms with Crippen LogP contribution >= 0.6 is 22.6 Å². The van der Waals surface area contributed by atoms with Crippen LogP contribution in [0.5, 0.6) is 11.6 Å². The van der Waals surface area contributed by atoms with Crippen molar-refractivity contribution in [1.82, 2.24) is 24.2 Å². The quantitative estimate of drug-likeness (QED) is 0.310. The number of pyridine rings is 1. The molecule has 2 fully saturated rings. The van der Waals surface area contributed by atoms with E-state index in [1.807, 2.05) is 45.5 Å². The largest absolute Gasteiger partial charge is 0.497 e. The fraction of sp³-hybridized carbons (Fsp3) is 0.538. The van der Waals surface area contributed by atoms with Gasteiger partial charge in [0.05, 0.1) is 13.7 Å². The first kappa shape index (κ1) is 31.0. The monoisotopic (exact) mass is 703 g/mol. The summed E-state index contributed by atoms with van der Waals surface area (Å²) in [6, 6.07) is 6.23. The fourth-order valence-corrected chi connectivity index (χ4v) is 6.14. The number of aromatic nitrogens is 1. The average Bonchev–Trinajstić information content (AvgIpc) is 3.33. The topological polar surface area (TPSA) is 156 Å². The van der Waals surface area contributed by atoms with Crippen molar-refractivity contribution in [3.63, 3.8) is 0 Å². The zero-order chi connectivity index (χ0) is 30.3. The first-order valence-corrected chi connectivity index (χ1v) is 15.5. The number of hydrogen-bond acceptors (Lipinski definition) is 9. The van der Waals surface area contributed by atoms with Crippen LogP contribution in [0.4, 0.5) is 4.79 Å². The average molecular weight is 704 g/mol. The second-order valence-corrected chi connectivity index (χ2v) is 14.6. The van der Waals surface area contributed by atoms with E-state index in [2.05, 4.69) is 10.3 Å². The van der Waals surface area contributed by atoms with Crippen LogP contribution in [0.1, 0.15) is 33.6 Å². The lowest BCUT2D eigenvalue weighted by molar-refractivity contribution is -0.131. The molecule has 0 bridgehead atoms. The Hall–Kier alpha value is -2.92. The summed E-state index contributed by atoms with van der Waals surface area (Å²) in [7, 11) is 0.0770. The van der Waals surface area contributed by atoms with Crippen LogP contribution in [0.2, 0.25) is 0 Å². The van der Waals surface area contributed by atoms with Crippen LogP contribution in [-0.2, 0) is 24.5 Å². The minimum absolute atomic E-state index is 0.0308. The van der Waals surface area contributed by atoms with E-state index in [0.717, 1.165) is 15.1 Å². The first-order chi connectivity index (χ1) is 19.1. The molecule has 1 saturated carbocycles. The molecule has 4 rings (SSSR count). The molecular weight excluding hydrogens is 669 g/mol. The molecule has 3 amide bonds. The zero-order valence-electron chi connectivity index (χ0n) is 23.6. The molecule has 13 nitrogen and oxygen atoms in total. The SMILES string of the molecule is COc1ccc2c(O[C@@H]3C[C@@H](C(=O)N[C@]4(C(=O)NS(=O)(=O)N(C)C)C[C@H]4I)N(C(=O)OC(C)(C)C)C3)nccc2c1. The summed E-state index contributed by atoms with van der Waals surface area (Å²) in [5, 5.41) is 4.29. The van der Waals surface area contributed by atoms with Gasteiger partial charge < -0.3 is 19.5 Å². The molecular formula is C26H34IN5O8S. The van der Waals surface area contributed by atoms with Gasteiger partial charge in [0, 0.05) is 36.0 Å². The van der Waals surface area contributed by atoms with Gasteiger partial charge in [-0.2, -0.15) is 12.7 Å². The number of nitrogens with one attached hydrogen (secondary N) is 2. The van der Waals surface area contributed by atoms with E-state index in [9.17, 15) is 22.8 Å². The Kier molecular flexibility index (Phi) is 8.62. The molecule has 2 heterocycles. The summed E-state index contributed by atoms with van der Waals surface area (Å²) >= 11 is 1.99. The summed E-state index contributed by atoms with van der Waals surface area (Å²) in [6.45, 7) is 5.18. The molecule has 1 aromatic heterocycles. The van der Waals surface area contributed by atoms with Crippen molar-refractivity contribution >= 4 is 61.5 Å². The van der Waals surface area contributed by atoms with E-state index in [4.69, 9.17) is 14.2 Å². The van der Waals surface area contributed by atoms with Crippen molar-refractivity contribution in [3.05, 3.63) is 30.5 Å². The highest BCUT2D eigenvalue weighted by molar-refractivity contribution is 14.1. The Morgan fingerprint density at radius 3 is 2.46 bits per heavy atom. The predicted molar refractivity (Wildman–Crippen MR) is 158 cm³/mol. The van der Waals surface area contributed by atoms with Crippen LogP contribution < -0.4 is 19.5 Å². The maximum absolute atomic E-state index is 13.6. The van der Waals surface area contributed by atoms with E-state index in [-0.39, 0.29) is 23.3 Å². The molecule has 1 aliphatic carbocycles. The third-order valence-corrected chi connectivity index (χ3v) is 9.64. The number of benzene rings is 1. The summed E-state index contributed by atoms with van der Waals surface area (Å²) in [5.41, 5.74) is -2.26. The third kappa shape index (κ3) is 6.77. The zero-order valence-corrected chi connectivity index (χ0v) is 26.6. The molecule has 1 aliphatic heterocycles. The molecule has 0 unspecified atom stereocenters. The first-order valence-electron chi connectivity index (χ1n) is 12.9. The molecule has 1 aromatic carbocycles. The van der Waals surface area contributed by atoms with Crippen LogP contribution in [0.3, 0.4) is 0 Å².